The Hall–Kier alpha value is -1.60. The zero-order valence-electron chi connectivity index (χ0n) is 15.6. The number of aryl methyl sites for hydroxylation is 1. The van der Waals surface area contributed by atoms with Crippen molar-refractivity contribution in [1.82, 2.24) is 9.55 Å². The fraction of sp³-hybridized carbons (Fsp3) is 0.474. The van der Waals surface area contributed by atoms with Crippen LogP contribution in [-0.4, -0.2) is 35.3 Å². The summed E-state index contributed by atoms with van der Waals surface area (Å²) < 4.78 is 12.4. The van der Waals surface area contributed by atoms with Gasteiger partial charge in [0.05, 0.1) is 30.5 Å². The highest BCUT2D eigenvalue weighted by atomic mass is 32.2. The zero-order valence-corrected chi connectivity index (χ0v) is 17.2. The number of aromatic nitrogens is 2. The molecule has 0 fully saturated rings. The highest BCUT2D eigenvalue weighted by Crippen LogP contribution is 2.33. The van der Waals surface area contributed by atoms with Gasteiger partial charge >= 0.3 is 0 Å². The van der Waals surface area contributed by atoms with Crippen molar-refractivity contribution in [3.05, 3.63) is 34.2 Å². The van der Waals surface area contributed by atoms with Crippen molar-refractivity contribution in [3.8, 4) is 17.2 Å². The Balaban J connectivity index is 2.08. The third-order valence-corrected chi connectivity index (χ3v) is 6.30. The molecule has 1 aliphatic heterocycles. The van der Waals surface area contributed by atoms with Gasteiger partial charge in [0.2, 0.25) is 0 Å². The van der Waals surface area contributed by atoms with Crippen molar-refractivity contribution >= 4 is 23.5 Å². The Morgan fingerprint density at radius 2 is 2.04 bits per heavy atom. The van der Waals surface area contributed by atoms with E-state index in [1.807, 2.05) is 18.2 Å². The van der Waals surface area contributed by atoms with E-state index in [-0.39, 0.29) is 5.56 Å². The lowest BCUT2D eigenvalue weighted by Gasteiger charge is -2.16. The number of methoxy groups -OCH3 is 2. The molecule has 1 aliphatic rings. The van der Waals surface area contributed by atoms with Crippen LogP contribution in [0.1, 0.15) is 26.0 Å². The van der Waals surface area contributed by atoms with Crippen molar-refractivity contribution in [3.63, 3.8) is 0 Å². The van der Waals surface area contributed by atoms with Gasteiger partial charge in [0.1, 0.15) is 0 Å². The lowest BCUT2D eigenvalue weighted by molar-refractivity contribution is 0.354. The molecule has 0 bridgehead atoms. The fourth-order valence-corrected chi connectivity index (χ4v) is 5.06. The molecule has 140 valence electrons. The molecule has 1 aromatic carbocycles. The molecule has 0 atom stereocenters. The summed E-state index contributed by atoms with van der Waals surface area (Å²) in [5.74, 6) is 3.71. The lowest BCUT2D eigenvalue weighted by Crippen LogP contribution is -2.24. The molecule has 3 rings (SSSR count). The highest BCUT2D eigenvalue weighted by molar-refractivity contribution is 7.99. The Morgan fingerprint density at radius 3 is 2.73 bits per heavy atom. The lowest BCUT2D eigenvalue weighted by atomic mass is 10.2. The average Bonchev–Trinajstić information content (AvgIpc) is 3.10. The Labute approximate surface area is 162 Å². The van der Waals surface area contributed by atoms with Crippen LogP contribution in [-0.2, 0) is 6.42 Å². The standard InChI is InChI=1S/C19H24N2O3S2/c1-12(2)7-9-26-19-20-14-8-10-25-17(14)18(22)21(19)13-5-6-15(23-3)16(11-13)24-4/h5-6,11-12H,7-10H2,1-4H3. The normalized spacial score (nSPS) is 13.1. The molecule has 0 spiro atoms. The van der Waals surface area contributed by atoms with Gasteiger partial charge in [-0.25, -0.2) is 4.98 Å². The Bertz CT molecular complexity index is 849. The maximum Gasteiger partial charge on any atom is 0.272 e. The minimum absolute atomic E-state index is 0.0109. The monoisotopic (exact) mass is 392 g/mol. The zero-order chi connectivity index (χ0) is 18.7. The number of ether oxygens (including phenoxy) is 2. The van der Waals surface area contributed by atoms with E-state index in [0.29, 0.717) is 17.4 Å². The minimum atomic E-state index is 0.0109. The second-order valence-electron chi connectivity index (χ2n) is 6.48. The van der Waals surface area contributed by atoms with Gasteiger partial charge in [-0.1, -0.05) is 25.6 Å². The van der Waals surface area contributed by atoms with Gasteiger partial charge in [0.15, 0.2) is 16.7 Å². The van der Waals surface area contributed by atoms with E-state index >= 15 is 0 Å². The van der Waals surface area contributed by atoms with Crippen LogP contribution in [0.3, 0.4) is 0 Å². The summed E-state index contributed by atoms with van der Waals surface area (Å²) >= 11 is 3.24. The van der Waals surface area contributed by atoms with E-state index in [1.54, 1.807) is 42.3 Å². The first-order chi connectivity index (χ1) is 12.5. The smallest absolute Gasteiger partial charge is 0.272 e. The van der Waals surface area contributed by atoms with E-state index < -0.39 is 0 Å². The molecule has 0 saturated carbocycles. The second-order valence-corrected chi connectivity index (χ2v) is 8.65. The van der Waals surface area contributed by atoms with Crippen LogP contribution in [0.5, 0.6) is 11.5 Å². The topological polar surface area (TPSA) is 53.4 Å². The van der Waals surface area contributed by atoms with Crippen LogP contribution < -0.4 is 15.0 Å². The van der Waals surface area contributed by atoms with Crippen LogP contribution in [0.2, 0.25) is 0 Å². The van der Waals surface area contributed by atoms with Crippen molar-refractivity contribution in [1.29, 1.82) is 0 Å². The largest absolute Gasteiger partial charge is 0.493 e. The van der Waals surface area contributed by atoms with Crippen molar-refractivity contribution in [2.24, 2.45) is 5.92 Å². The van der Waals surface area contributed by atoms with Crippen molar-refractivity contribution in [2.45, 2.75) is 36.7 Å². The molecule has 2 heterocycles. The van der Waals surface area contributed by atoms with Gasteiger partial charge in [-0.2, -0.15) is 0 Å². The molecular weight excluding hydrogens is 368 g/mol. The molecule has 7 heteroatoms. The number of hydrogen-bond donors (Lipinski definition) is 0. The number of hydrogen-bond acceptors (Lipinski definition) is 6. The predicted molar refractivity (Wildman–Crippen MR) is 108 cm³/mol. The average molecular weight is 393 g/mol. The van der Waals surface area contributed by atoms with Gasteiger partial charge in [-0.3, -0.25) is 9.36 Å². The number of rotatable bonds is 7. The van der Waals surface area contributed by atoms with E-state index in [2.05, 4.69) is 13.8 Å². The fourth-order valence-electron chi connectivity index (χ4n) is 2.77. The van der Waals surface area contributed by atoms with Gasteiger partial charge < -0.3 is 9.47 Å². The third kappa shape index (κ3) is 3.88. The number of benzene rings is 1. The summed E-state index contributed by atoms with van der Waals surface area (Å²) in [4.78, 5) is 18.7. The maximum absolute atomic E-state index is 13.1. The van der Waals surface area contributed by atoms with Crippen LogP contribution in [0, 0.1) is 5.92 Å². The summed E-state index contributed by atoms with van der Waals surface area (Å²) in [7, 11) is 3.20. The van der Waals surface area contributed by atoms with Gasteiger partial charge in [0.25, 0.3) is 5.56 Å². The molecule has 1 aromatic heterocycles. The predicted octanol–water partition coefficient (Wildman–Crippen LogP) is 4.04. The van der Waals surface area contributed by atoms with Crippen LogP contribution in [0.4, 0.5) is 0 Å². The van der Waals surface area contributed by atoms with Gasteiger partial charge in [-0.15, -0.1) is 11.8 Å². The van der Waals surface area contributed by atoms with E-state index in [1.165, 1.54) is 0 Å². The van der Waals surface area contributed by atoms with Crippen molar-refractivity contribution < 1.29 is 9.47 Å². The number of fused-ring (bicyclic) bond motifs is 1. The second kappa shape index (κ2) is 8.39. The van der Waals surface area contributed by atoms with Crippen LogP contribution in [0.15, 0.2) is 33.0 Å². The first-order valence-corrected chi connectivity index (χ1v) is 10.7. The Morgan fingerprint density at radius 1 is 1.27 bits per heavy atom. The molecular formula is C19H24N2O3S2. The summed E-state index contributed by atoms with van der Waals surface area (Å²) in [6.07, 6.45) is 1.94. The van der Waals surface area contributed by atoms with Gasteiger partial charge in [0, 0.05) is 24.0 Å². The molecule has 0 amide bonds. The molecule has 26 heavy (non-hydrogen) atoms. The number of nitrogens with zero attached hydrogens (tertiary/aromatic N) is 2. The quantitative estimate of drug-likeness (QED) is 0.524. The summed E-state index contributed by atoms with van der Waals surface area (Å²) in [6.45, 7) is 4.41. The highest BCUT2D eigenvalue weighted by Gasteiger charge is 2.23. The third-order valence-electron chi connectivity index (χ3n) is 4.22. The summed E-state index contributed by atoms with van der Waals surface area (Å²) in [5.41, 5.74) is 1.70. The minimum Gasteiger partial charge on any atom is -0.493 e. The SMILES string of the molecule is COc1ccc(-n2c(SCCC(C)C)nc3c(c2=O)SCC3)cc1OC. The molecule has 0 radical (unpaired) electrons. The summed E-state index contributed by atoms with van der Waals surface area (Å²) in [6, 6.07) is 5.53. The molecule has 5 nitrogen and oxygen atoms in total. The molecule has 2 aromatic rings. The maximum atomic E-state index is 13.1. The molecule has 0 saturated heterocycles. The van der Waals surface area contributed by atoms with Gasteiger partial charge in [-0.05, 0) is 24.5 Å². The summed E-state index contributed by atoms with van der Waals surface area (Å²) in [5, 5.41) is 0.754. The van der Waals surface area contributed by atoms with E-state index in [0.717, 1.165) is 45.8 Å². The van der Waals surface area contributed by atoms with Crippen molar-refractivity contribution in [2.75, 3.05) is 25.7 Å². The van der Waals surface area contributed by atoms with E-state index in [4.69, 9.17) is 14.5 Å². The first kappa shape index (κ1) is 19.2. The van der Waals surface area contributed by atoms with Crippen LogP contribution in [0.25, 0.3) is 5.69 Å². The first-order valence-electron chi connectivity index (χ1n) is 8.69. The number of thioether (sulfide) groups is 2. The van der Waals surface area contributed by atoms with E-state index in [9.17, 15) is 4.79 Å². The molecule has 0 aliphatic carbocycles. The van der Waals surface area contributed by atoms with Crippen LogP contribution >= 0.6 is 23.5 Å². The Kier molecular flexibility index (Phi) is 6.19. The molecule has 0 N–H and O–H groups in total. The molecule has 0 unspecified atom stereocenters.